The molecule has 1 fully saturated rings. The molecule has 8 heteroatoms. The number of amides is 2. The average molecular weight is 410 g/mol. The molecule has 29 heavy (non-hydrogen) atoms. The molecule has 0 aliphatic carbocycles. The molecule has 1 aliphatic rings. The molecule has 148 valence electrons. The van der Waals surface area contributed by atoms with Crippen LogP contribution in [-0.2, 0) is 0 Å². The summed E-state index contributed by atoms with van der Waals surface area (Å²) in [5, 5.41) is 5.15. The highest BCUT2D eigenvalue weighted by molar-refractivity contribution is 7.13. The molecule has 0 unspecified atom stereocenters. The Bertz CT molecular complexity index is 1020. The van der Waals surface area contributed by atoms with E-state index in [1.54, 1.807) is 46.8 Å². The number of thiazole rings is 1. The van der Waals surface area contributed by atoms with Crippen LogP contribution in [0.15, 0.2) is 54.2 Å². The molecule has 3 aromatic rings. The second-order valence-corrected chi connectivity index (χ2v) is 7.66. The summed E-state index contributed by atoms with van der Waals surface area (Å²) in [6.07, 6.45) is 4.49. The Kier molecular flexibility index (Phi) is 5.62. The highest BCUT2D eigenvalue weighted by atomic mass is 32.1. The first-order valence-electron chi connectivity index (χ1n) is 9.32. The fraction of sp³-hybridized carbons (Fsp3) is 0.238. The monoisotopic (exact) mass is 410 g/mol. The van der Waals surface area contributed by atoms with E-state index in [1.807, 2.05) is 0 Å². The number of hydrogen-bond acceptors (Lipinski definition) is 5. The molecule has 2 amide bonds. The Hall–Kier alpha value is -3.13. The van der Waals surface area contributed by atoms with Gasteiger partial charge in [0.15, 0.2) is 0 Å². The van der Waals surface area contributed by atoms with Gasteiger partial charge in [-0.3, -0.25) is 14.6 Å². The van der Waals surface area contributed by atoms with Gasteiger partial charge in [0.1, 0.15) is 16.5 Å². The van der Waals surface area contributed by atoms with E-state index >= 15 is 0 Å². The van der Waals surface area contributed by atoms with Crippen LogP contribution in [0.25, 0.3) is 10.6 Å². The number of rotatable bonds is 4. The average Bonchev–Trinajstić information content (AvgIpc) is 3.25. The number of carbonyl (C=O) groups excluding carboxylic acids is 2. The van der Waals surface area contributed by atoms with Gasteiger partial charge in [0.25, 0.3) is 11.8 Å². The number of pyridine rings is 1. The van der Waals surface area contributed by atoms with Crippen LogP contribution in [0.4, 0.5) is 4.39 Å². The molecule has 4 rings (SSSR count). The molecule has 3 heterocycles. The van der Waals surface area contributed by atoms with Crippen LogP contribution in [0.3, 0.4) is 0 Å². The maximum Gasteiger partial charge on any atom is 0.273 e. The van der Waals surface area contributed by atoms with Crippen molar-refractivity contribution in [2.75, 3.05) is 13.1 Å². The van der Waals surface area contributed by atoms with E-state index in [4.69, 9.17) is 0 Å². The first-order valence-corrected chi connectivity index (χ1v) is 10.2. The quantitative estimate of drug-likeness (QED) is 0.716. The molecule has 0 spiro atoms. The number of halogens is 1. The number of nitrogens with one attached hydrogen (secondary N) is 1. The summed E-state index contributed by atoms with van der Waals surface area (Å²) in [4.78, 5) is 35.0. The minimum absolute atomic E-state index is 0.0103. The zero-order valence-electron chi connectivity index (χ0n) is 15.5. The minimum Gasteiger partial charge on any atom is -0.349 e. The summed E-state index contributed by atoms with van der Waals surface area (Å²) >= 11 is 1.25. The van der Waals surface area contributed by atoms with E-state index in [0.717, 1.165) is 0 Å². The smallest absolute Gasteiger partial charge is 0.273 e. The van der Waals surface area contributed by atoms with Crippen molar-refractivity contribution in [3.63, 3.8) is 0 Å². The van der Waals surface area contributed by atoms with Gasteiger partial charge in [-0.2, -0.15) is 0 Å². The number of piperidine rings is 1. The molecule has 0 saturated carbocycles. The van der Waals surface area contributed by atoms with Gasteiger partial charge in [-0.15, -0.1) is 11.3 Å². The summed E-state index contributed by atoms with van der Waals surface area (Å²) in [7, 11) is 0. The van der Waals surface area contributed by atoms with Crippen molar-refractivity contribution >= 4 is 23.2 Å². The number of nitrogens with zero attached hydrogens (tertiary/aromatic N) is 3. The normalized spacial score (nSPS) is 14.6. The predicted octanol–water partition coefficient (Wildman–Crippen LogP) is 3.38. The lowest BCUT2D eigenvalue weighted by Crippen LogP contribution is -2.46. The molecule has 2 aromatic heterocycles. The number of benzene rings is 1. The number of carbonyl (C=O) groups is 2. The lowest BCUT2D eigenvalue weighted by molar-refractivity contribution is 0.0693. The highest BCUT2D eigenvalue weighted by Crippen LogP contribution is 2.27. The van der Waals surface area contributed by atoms with Gasteiger partial charge in [0.05, 0.1) is 5.56 Å². The Balaban J connectivity index is 1.35. The van der Waals surface area contributed by atoms with Gasteiger partial charge in [-0.1, -0.05) is 12.1 Å². The van der Waals surface area contributed by atoms with Gasteiger partial charge >= 0.3 is 0 Å². The van der Waals surface area contributed by atoms with Crippen LogP contribution < -0.4 is 5.32 Å². The van der Waals surface area contributed by atoms with E-state index in [9.17, 15) is 14.0 Å². The van der Waals surface area contributed by atoms with Crippen LogP contribution in [0, 0.1) is 5.82 Å². The SMILES string of the molecule is O=C(NC1CCN(C(=O)c2csc(-c3ccccc3F)n2)CC1)c1cccnc1. The second kappa shape index (κ2) is 8.48. The fourth-order valence-electron chi connectivity index (χ4n) is 3.29. The van der Waals surface area contributed by atoms with Crippen LogP contribution in [0.1, 0.15) is 33.7 Å². The van der Waals surface area contributed by atoms with Gasteiger partial charge in [0.2, 0.25) is 0 Å². The molecular formula is C21H19FN4O2S. The summed E-state index contributed by atoms with van der Waals surface area (Å²) in [5.74, 6) is -0.677. The summed E-state index contributed by atoms with van der Waals surface area (Å²) in [5.41, 5.74) is 1.24. The molecule has 1 aliphatic heterocycles. The number of likely N-dealkylation sites (tertiary alicyclic amines) is 1. The van der Waals surface area contributed by atoms with Crippen molar-refractivity contribution in [2.24, 2.45) is 0 Å². The number of hydrogen-bond donors (Lipinski definition) is 1. The second-order valence-electron chi connectivity index (χ2n) is 6.80. The predicted molar refractivity (Wildman–Crippen MR) is 108 cm³/mol. The molecule has 1 N–H and O–H groups in total. The molecule has 0 bridgehead atoms. The third kappa shape index (κ3) is 4.32. The van der Waals surface area contributed by atoms with Gasteiger partial charge in [-0.25, -0.2) is 9.37 Å². The first-order chi connectivity index (χ1) is 14.1. The maximum atomic E-state index is 13.9. The Morgan fingerprint density at radius 1 is 1.14 bits per heavy atom. The van der Waals surface area contributed by atoms with Crippen molar-refractivity contribution in [3.8, 4) is 10.6 Å². The molecule has 0 atom stereocenters. The minimum atomic E-state index is -0.356. The Labute approximate surface area is 171 Å². The van der Waals surface area contributed by atoms with E-state index < -0.39 is 0 Å². The van der Waals surface area contributed by atoms with E-state index in [2.05, 4.69) is 15.3 Å². The molecular weight excluding hydrogens is 391 g/mol. The van der Waals surface area contributed by atoms with Gasteiger partial charge in [0, 0.05) is 42.5 Å². The topological polar surface area (TPSA) is 75.2 Å². The van der Waals surface area contributed by atoms with Crippen molar-refractivity contribution < 1.29 is 14.0 Å². The van der Waals surface area contributed by atoms with E-state index in [0.29, 0.717) is 47.8 Å². The van der Waals surface area contributed by atoms with Gasteiger partial charge < -0.3 is 10.2 Å². The number of aromatic nitrogens is 2. The lowest BCUT2D eigenvalue weighted by Gasteiger charge is -2.32. The van der Waals surface area contributed by atoms with Crippen LogP contribution in [-0.4, -0.2) is 45.8 Å². The largest absolute Gasteiger partial charge is 0.349 e. The third-order valence-electron chi connectivity index (χ3n) is 4.87. The van der Waals surface area contributed by atoms with Crippen LogP contribution in [0.5, 0.6) is 0 Å². The van der Waals surface area contributed by atoms with Crippen molar-refractivity contribution in [2.45, 2.75) is 18.9 Å². The van der Waals surface area contributed by atoms with Crippen molar-refractivity contribution in [3.05, 3.63) is 71.2 Å². The lowest BCUT2D eigenvalue weighted by atomic mass is 10.0. The molecule has 1 saturated heterocycles. The Morgan fingerprint density at radius 3 is 2.66 bits per heavy atom. The highest BCUT2D eigenvalue weighted by Gasteiger charge is 2.26. The third-order valence-corrected chi connectivity index (χ3v) is 5.74. The molecule has 1 aromatic carbocycles. The standard InChI is InChI=1S/C21H19FN4O2S/c22-17-6-2-1-5-16(17)20-25-18(13-29-20)21(28)26-10-7-15(8-11-26)24-19(27)14-4-3-9-23-12-14/h1-6,9,12-13,15H,7-8,10-11H2,(H,24,27). The summed E-state index contributed by atoms with van der Waals surface area (Å²) < 4.78 is 13.9. The molecule has 0 radical (unpaired) electrons. The Morgan fingerprint density at radius 2 is 1.93 bits per heavy atom. The summed E-state index contributed by atoms with van der Waals surface area (Å²) in [6, 6.07) is 9.84. The zero-order valence-corrected chi connectivity index (χ0v) is 16.4. The van der Waals surface area contributed by atoms with E-state index in [-0.39, 0.29) is 23.7 Å². The maximum absolute atomic E-state index is 13.9. The summed E-state index contributed by atoms with van der Waals surface area (Å²) in [6.45, 7) is 1.06. The van der Waals surface area contributed by atoms with Crippen LogP contribution >= 0.6 is 11.3 Å². The zero-order chi connectivity index (χ0) is 20.2. The first kappa shape index (κ1) is 19.2. The van der Waals surface area contributed by atoms with Crippen molar-refractivity contribution in [1.29, 1.82) is 0 Å². The fourth-order valence-corrected chi connectivity index (χ4v) is 4.11. The van der Waals surface area contributed by atoms with Gasteiger partial charge in [-0.05, 0) is 37.1 Å². The van der Waals surface area contributed by atoms with E-state index in [1.165, 1.54) is 23.6 Å². The molecule has 6 nitrogen and oxygen atoms in total. The van der Waals surface area contributed by atoms with Crippen LogP contribution in [0.2, 0.25) is 0 Å². The van der Waals surface area contributed by atoms with Crippen molar-refractivity contribution in [1.82, 2.24) is 20.2 Å².